The Morgan fingerprint density at radius 2 is 2.29 bits per heavy atom. The van der Waals surface area contributed by atoms with Gasteiger partial charge in [-0.05, 0) is 22.4 Å². The number of aromatic amines is 1. The fourth-order valence-electron chi connectivity index (χ4n) is 1.03. The summed E-state index contributed by atoms with van der Waals surface area (Å²) in [6.07, 6.45) is 0. The van der Waals surface area contributed by atoms with Crippen LogP contribution in [-0.4, -0.2) is 22.2 Å². The van der Waals surface area contributed by atoms with Gasteiger partial charge in [0, 0.05) is 13.6 Å². The molecule has 0 atom stereocenters. The van der Waals surface area contributed by atoms with Crippen molar-refractivity contribution in [2.45, 2.75) is 6.54 Å². The molecule has 6 heteroatoms. The number of hydrogen-bond donors (Lipinski definition) is 3. The fourth-order valence-corrected chi connectivity index (χ4v) is 1.70. The first-order chi connectivity index (χ1) is 6.88. The second kappa shape index (κ2) is 4.10. The van der Waals surface area contributed by atoms with Gasteiger partial charge in [-0.25, -0.2) is 0 Å². The van der Waals surface area contributed by atoms with Crippen molar-refractivity contribution in [2.75, 3.05) is 17.7 Å². The molecule has 0 aromatic carbocycles. The third kappa shape index (κ3) is 2.02. The molecule has 0 saturated carbocycles. The van der Waals surface area contributed by atoms with E-state index in [1.807, 2.05) is 0 Å². The molecular weight excluding hydrogens is 198 g/mol. The van der Waals surface area contributed by atoms with E-state index in [1.54, 1.807) is 18.4 Å². The lowest BCUT2D eigenvalue weighted by Crippen LogP contribution is -1.99. The smallest absolute Gasteiger partial charge is 0.223 e. The van der Waals surface area contributed by atoms with Crippen molar-refractivity contribution in [2.24, 2.45) is 0 Å². The molecule has 0 spiro atoms. The van der Waals surface area contributed by atoms with Crippen LogP contribution in [0.4, 0.5) is 11.9 Å². The van der Waals surface area contributed by atoms with Gasteiger partial charge in [-0.3, -0.25) is 4.98 Å². The van der Waals surface area contributed by atoms with Crippen LogP contribution in [-0.2, 0) is 6.54 Å². The maximum Gasteiger partial charge on any atom is 0.223 e. The fraction of sp³-hybridized carbons (Fsp3) is 0.250. The third-order valence-electron chi connectivity index (χ3n) is 1.76. The normalized spacial score (nSPS) is 10.1. The standard InChI is InChI=1S/C8H11N5S/c1-9-7-11-8(13-12-7)10-4-6-2-3-14-5-6/h2-3,5H,4H2,1H3,(H3,9,10,11,12,13). The zero-order chi connectivity index (χ0) is 9.80. The highest BCUT2D eigenvalue weighted by Gasteiger charge is 1.99. The molecule has 0 bridgehead atoms. The summed E-state index contributed by atoms with van der Waals surface area (Å²) < 4.78 is 0. The van der Waals surface area contributed by atoms with Crippen LogP contribution in [0.5, 0.6) is 0 Å². The number of thiophene rings is 1. The van der Waals surface area contributed by atoms with Gasteiger partial charge < -0.3 is 10.6 Å². The lowest BCUT2D eigenvalue weighted by atomic mass is 10.3. The Morgan fingerprint density at radius 1 is 1.43 bits per heavy atom. The Hall–Kier alpha value is -1.56. The van der Waals surface area contributed by atoms with E-state index in [0.29, 0.717) is 11.9 Å². The minimum atomic E-state index is 0.665. The average molecular weight is 209 g/mol. The predicted molar refractivity (Wildman–Crippen MR) is 57.6 cm³/mol. The molecule has 3 N–H and O–H groups in total. The Morgan fingerprint density at radius 3 is 2.93 bits per heavy atom. The molecule has 2 rings (SSSR count). The average Bonchev–Trinajstić information content (AvgIpc) is 2.86. The molecule has 0 aliphatic carbocycles. The van der Waals surface area contributed by atoms with E-state index in [9.17, 15) is 0 Å². The number of nitrogens with zero attached hydrogens (tertiary/aromatic N) is 2. The van der Waals surface area contributed by atoms with Gasteiger partial charge in [0.25, 0.3) is 0 Å². The molecule has 0 aliphatic rings. The lowest BCUT2D eigenvalue weighted by Gasteiger charge is -1.98. The van der Waals surface area contributed by atoms with Crippen LogP contribution in [0.2, 0.25) is 0 Å². The largest absolute Gasteiger partial charge is 0.358 e. The first-order valence-electron chi connectivity index (χ1n) is 4.24. The van der Waals surface area contributed by atoms with Gasteiger partial charge in [0.2, 0.25) is 11.9 Å². The first-order valence-corrected chi connectivity index (χ1v) is 5.18. The Bertz CT molecular complexity index is 380. The van der Waals surface area contributed by atoms with E-state index in [-0.39, 0.29) is 0 Å². The van der Waals surface area contributed by atoms with Gasteiger partial charge >= 0.3 is 0 Å². The predicted octanol–water partition coefficient (Wildman–Crippen LogP) is 1.52. The summed E-state index contributed by atoms with van der Waals surface area (Å²) in [5, 5.41) is 17.9. The number of hydrogen-bond acceptors (Lipinski definition) is 5. The van der Waals surface area contributed by atoms with Gasteiger partial charge in [0.05, 0.1) is 0 Å². The van der Waals surface area contributed by atoms with Gasteiger partial charge in [0.15, 0.2) is 0 Å². The molecule has 2 aromatic rings. The summed E-state index contributed by atoms with van der Waals surface area (Å²) >= 11 is 1.69. The zero-order valence-electron chi connectivity index (χ0n) is 7.74. The minimum Gasteiger partial charge on any atom is -0.358 e. The Balaban J connectivity index is 1.92. The van der Waals surface area contributed by atoms with Crippen LogP contribution >= 0.6 is 11.3 Å². The number of H-pyrrole nitrogens is 1. The van der Waals surface area contributed by atoms with Crippen molar-refractivity contribution in [3.05, 3.63) is 22.4 Å². The maximum absolute atomic E-state index is 3.91. The molecule has 0 unspecified atom stereocenters. The second-order valence-corrected chi connectivity index (χ2v) is 3.54. The van der Waals surface area contributed by atoms with Crippen molar-refractivity contribution in [1.29, 1.82) is 0 Å². The van der Waals surface area contributed by atoms with Crippen molar-refractivity contribution in [1.82, 2.24) is 15.2 Å². The topological polar surface area (TPSA) is 65.6 Å². The van der Waals surface area contributed by atoms with E-state index in [4.69, 9.17) is 0 Å². The van der Waals surface area contributed by atoms with E-state index >= 15 is 0 Å². The second-order valence-electron chi connectivity index (χ2n) is 2.76. The van der Waals surface area contributed by atoms with Crippen molar-refractivity contribution in [3.8, 4) is 0 Å². The molecule has 2 aromatic heterocycles. The van der Waals surface area contributed by atoms with Gasteiger partial charge in [-0.15, -0.1) is 10.2 Å². The van der Waals surface area contributed by atoms with E-state index in [0.717, 1.165) is 6.54 Å². The Labute approximate surface area is 85.6 Å². The maximum atomic E-state index is 3.91. The summed E-state index contributed by atoms with van der Waals surface area (Å²) in [6.45, 7) is 0.766. The van der Waals surface area contributed by atoms with Crippen molar-refractivity contribution >= 4 is 23.2 Å². The number of nitrogens with one attached hydrogen (secondary N) is 3. The molecule has 0 fully saturated rings. The van der Waals surface area contributed by atoms with Crippen LogP contribution in [0, 0.1) is 0 Å². The summed E-state index contributed by atoms with van der Waals surface area (Å²) in [4.78, 5) is 2.98. The molecule has 74 valence electrons. The minimum absolute atomic E-state index is 0.665. The highest BCUT2D eigenvalue weighted by atomic mass is 32.1. The van der Waals surface area contributed by atoms with E-state index in [1.165, 1.54) is 5.56 Å². The van der Waals surface area contributed by atoms with Crippen LogP contribution in [0.3, 0.4) is 0 Å². The SMILES string of the molecule is CNc1nnc(NCc2ccsc2)[nH]1. The van der Waals surface area contributed by atoms with Crippen LogP contribution in [0.1, 0.15) is 5.56 Å². The quantitative estimate of drug-likeness (QED) is 0.714. The van der Waals surface area contributed by atoms with Gasteiger partial charge in [0.1, 0.15) is 0 Å². The number of anilines is 2. The summed E-state index contributed by atoms with van der Waals surface area (Å²) in [7, 11) is 1.79. The van der Waals surface area contributed by atoms with Crippen LogP contribution < -0.4 is 10.6 Å². The summed E-state index contributed by atoms with van der Waals surface area (Å²) in [6, 6.07) is 2.08. The molecule has 5 nitrogen and oxygen atoms in total. The molecule has 0 saturated heterocycles. The number of aromatic nitrogens is 3. The van der Waals surface area contributed by atoms with Crippen molar-refractivity contribution < 1.29 is 0 Å². The van der Waals surface area contributed by atoms with Crippen LogP contribution in [0.15, 0.2) is 16.8 Å². The first kappa shape index (κ1) is 9.01. The third-order valence-corrected chi connectivity index (χ3v) is 2.50. The monoisotopic (exact) mass is 209 g/mol. The van der Waals surface area contributed by atoms with Crippen molar-refractivity contribution in [3.63, 3.8) is 0 Å². The van der Waals surface area contributed by atoms with Crippen LogP contribution in [0.25, 0.3) is 0 Å². The molecule has 14 heavy (non-hydrogen) atoms. The highest BCUT2D eigenvalue weighted by Crippen LogP contribution is 2.08. The van der Waals surface area contributed by atoms with E-state index < -0.39 is 0 Å². The molecule has 0 radical (unpaired) electrons. The lowest BCUT2D eigenvalue weighted by molar-refractivity contribution is 1.05. The molecule has 2 heterocycles. The molecule has 0 amide bonds. The highest BCUT2D eigenvalue weighted by molar-refractivity contribution is 7.07. The summed E-state index contributed by atoms with van der Waals surface area (Å²) in [5.74, 6) is 1.35. The van der Waals surface area contributed by atoms with E-state index in [2.05, 4.69) is 42.6 Å². The summed E-state index contributed by atoms with van der Waals surface area (Å²) in [5.41, 5.74) is 1.25. The zero-order valence-corrected chi connectivity index (χ0v) is 8.56. The van der Waals surface area contributed by atoms with Gasteiger partial charge in [-0.2, -0.15) is 11.3 Å². The Kier molecular flexibility index (Phi) is 2.64. The van der Waals surface area contributed by atoms with Gasteiger partial charge in [-0.1, -0.05) is 0 Å². The molecule has 0 aliphatic heterocycles. The molecular formula is C8H11N5S. The number of rotatable bonds is 4.